The van der Waals surface area contributed by atoms with Crippen LogP contribution in [0, 0.1) is 5.92 Å². The molecule has 0 saturated carbocycles. The molecule has 0 unspecified atom stereocenters. The highest BCUT2D eigenvalue weighted by molar-refractivity contribution is 5.79. The lowest BCUT2D eigenvalue weighted by molar-refractivity contribution is -0.130. The summed E-state index contributed by atoms with van der Waals surface area (Å²) in [5.41, 5.74) is 0. The zero-order chi connectivity index (χ0) is 14.8. The maximum atomic E-state index is 11.8. The first kappa shape index (κ1) is 17.0. The van der Waals surface area contributed by atoms with Gasteiger partial charge in [0.05, 0.1) is 0 Å². The van der Waals surface area contributed by atoms with Crippen molar-refractivity contribution in [2.75, 3.05) is 32.7 Å². The highest BCUT2D eigenvalue weighted by atomic mass is 16.2. The summed E-state index contributed by atoms with van der Waals surface area (Å²) in [6.07, 6.45) is 4.31. The number of hydrogen-bond acceptors (Lipinski definition) is 3. The predicted octanol–water partition coefficient (Wildman–Crippen LogP) is 1.14. The van der Waals surface area contributed by atoms with Crippen LogP contribution in [0.4, 0.5) is 0 Å². The quantitative estimate of drug-likeness (QED) is 0.702. The molecular formula is C15H29N3O2. The van der Waals surface area contributed by atoms with Gasteiger partial charge in [-0.1, -0.05) is 0 Å². The van der Waals surface area contributed by atoms with E-state index in [0.717, 1.165) is 32.6 Å². The normalized spacial score (nSPS) is 15.9. The average Bonchev–Trinajstić information content (AvgIpc) is 2.47. The number of nitrogens with zero attached hydrogens (tertiary/aromatic N) is 1. The smallest absolute Gasteiger partial charge is 0.224 e. The molecule has 0 radical (unpaired) electrons. The molecule has 0 atom stereocenters. The van der Waals surface area contributed by atoms with E-state index in [1.54, 1.807) is 4.90 Å². The molecule has 1 rings (SSSR count). The number of rotatable bonds is 8. The van der Waals surface area contributed by atoms with Gasteiger partial charge in [-0.15, -0.1) is 0 Å². The first-order valence-corrected chi connectivity index (χ1v) is 7.92. The van der Waals surface area contributed by atoms with E-state index in [9.17, 15) is 9.59 Å². The molecule has 5 nitrogen and oxygen atoms in total. The fourth-order valence-corrected chi connectivity index (χ4v) is 2.64. The monoisotopic (exact) mass is 283 g/mol. The zero-order valence-corrected chi connectivity index (χ0v) is 12.9. The molecule has 1 heterocycles. The van der Waals surface area contributed by atoms with Gasteiger partial charge in [0.25, 0.3) is 0 Å². The van der Waals surface area contributed by atoms with E-state index in [4.69, 9.17) is 0 Å². The molecular weight excluding hydrogens is 254 g/mol. The summed E-state index contributed by atoms with van der Waals surface area (Å²) in [5.74, 6) is 0.879. The Hall–Kier alpha value is -1.10. The number of carbonyl (C=O) groups is 2. The Balaban J connectivity index is 2.08. The van der Waals surface area contributed by atoms with Gasteiger partial charge in [0.2, 0.25) is 11.8 Å². The van der Waals surface area contributed by atoms with E-state index in [-0.39, 0.29) is 11.8 Å². The number of carbonyl (C=O) groups excluding carboxylic acids is 2. The van der Waals surface area contributed by atoms with E-state index < -0.39 is 0 Å². The Morgan fingerprint density at radius 1 is 1.15 bits per heavy atom. The molecule has 0 aromatic carbocycles. The van der Waals surface area contributed by atoms with Crippen LogP contribution >= 0.6 is 0 Å². The van der Waals surface area contributed by atoms with E-state index in [1.165, 1.54) is 12.8 Å². The predicted molar refractivity (Wildman–Crippen MR) is 80.4 cm³/mol. The second kappa shape index (κ2) is 9.75. The van der Waals surface area contributed by atoms with Gasteiger partial charge in [0.15, 0.2) is 0 Å². The second-order valence-corrected chi connectivity index (χ2v) is 5.40. The second-order valence-electron chi connectivity index (χ2n) is 5.40. The van der Waals surface area contributed by atoms with E-state index in [2.05, 4.69) is 10.6 Å². The van der Waals surface area contributed by atoms with Crippen molar-refractivity contribution in [2.24, 2.45) is 5.92 Å². The van der Waals surface area contributed by atoms with Gasteiger partial charge in [-0.05, 0) is 52.1 Å². The molecule has 0 spiro atoms. The van der Waals surface area contributed by atoms with Crippen molar-refractivity contribution in [3.63, 3.8) is 0 Å². The van der Waals surface area contributed by atoms with E-state index in [0.29, 0.717) is 25.3 Å². The van der Waals surface area contributed by atoms with Gasteiger partial charge in [0.1, 0.15) is 0 Å². The summed E-state index contributed by atoms with van der Waals surface area (Å²) >= 11 is 0. The first-order valence-electron chi connectivity index (χ1n) is 7.92. The largest absolute Gasteiger partial charge is 0.356 e. The number of piperidine rings is 1. The number of amides is 2. The van der Waals surface area contributed by atoms with Crippen molar-refractivity contribution < 1.29 is 9.59 Å². The number of hydrogen-bond donors (Lipinski definition) is 2. The lowest BCUT2D eigenvalue weighted by Crippen LogP contribution is -2.34. The molecule has 1 saturated heterocycles. The third-order valence-electron chi connectivity index (χ3n) is 4.02. The molecule has 0 bridgehead atoms. The topological polar surface area (TPSA) is 61.4 Å². The van der Waals surface area contributed by atoms with Gasteiger partial charge < -0.3 is 15.5 Å². The summed E-state index contributed by atoms with van der Waals surface area (Å²) in [5, 5.41) is 6.18. The molecule has 2 N–H and O–H groups in total. The Bertz CT molecular complexity index is 297. The molecule has 2 amide bonds. The van der Waals surface area contributed by atoms with Crippen molar-refractivity contribution in [2.45, 2.75) is 46.0 Å². The van der Waals surface area contributed by atoms with Gasteiger partial charge in [0, 0.05) is 32.5 Å². The van der Waals surface area contributed by atoms with E-state index >= 15 is 0 Å². The standard InChI is InChI=1S/C15H29N3O2/c1-3-18(4-2)15(20)9-12-17-14(19)6-5-13-7-10-16-11-8-13/h13,16H,3-12H2,1-2H3,(H,17,19). The Morgan fingerprint density at radius 2 is 1.80 bits per heavy atom. The highest BCUT2D eigenvalue weighted by Crippen LogP contribution is 2.17. The van der Waals surface area contributed by atoms with Gasteiger partial charge in [-0.3, -0.25) is 9.59 Å². The third kappa shape index (κ3) is 6.37. The van der Waals surface area contributed by atoms with Crippen molar-refractivity contribution in [1.82, 2.24) is 15.5 Å². The van der Waals surface area contributed by atoms with Gasteiger partial charge in [-0.25, -0.2) is 0 Å². The Kier molecular flexibility index (Phi) is 8.26. The molecule has 0 aromatic rings. The summed E-state index contributed by atoms with van der Waals surface area (Å²) in [6, 6.07) is 0. The van der Waals surface area contributed by atoms with Crippen LogP contribution in [0.1, 0.15) is 46.0 Å². The lowest BCUT2D eigenvalue weighted by atomic mass is 9.93. The molecule has 0 aromatic heterocycles. The number of nitrogens with one attached hydrogen (secondary N) is 2. The fraction of sp³-hybridized carbons (Fsp3) is 0.867. The van der Waals surface area contributed by atoms with Crippen LogP contribution in [0.25, 0.3) is 0 Å². The minimum atomic E-state index is 0.0795. The summed E-state index contributed by atoms with van der Waals surface area (Å²) in [7, 11) is 0. The minimum Gasteiger partial charge on any atom is -0.356 e. The van der Waals surface area contributed by atoms with Crippen LogP contribution in [-0.2, 0) is 9.59 Å². The highest BCUT2D eigenvalue weighted by Gasteiger charge is 2.14. The molecule has 5 heteroatoms. The zero-order valence-electron chi connectivity index (χ0n) is 12.9. The van der Waals surface area contributed by atoms with Crippen LogP contribution in [-0.4, -0.2) is 49.4 Å². The van der Waals surface area contributed by atoms with Crippen molar-refractivity contribution in [3.8, 4) is 0 Å². The maximum absolute atomic E-state index is 11.8. The summed E-state index contributed by atoms with van der Waals surface area (Å²) in [4.78, 5) is 25.3. The Morgan fingerprint density at radius 3 is 2.40 bits per heavy atom. The molecule has 20 heavy (non-hydrogen) atoms. The molecule has 1 fully saturated rings. The third-order valence-corrected chi connectivity index (χ3v) is 4.02. The molecule has 0 aliphatic carbocycles. The minimum absolute atomic E-state index is 0.0795. The Labute approximate surface area is 122 Å². The van der Waals surface area contributed by atoms with Crippen molar-refractivity contribution >= 4 is 11.8 Å². The maximum Gasteiger partial charge on any atom is 0.224 e. The molecule has 1 aliphatic heterocycles. The average molecular weight is 283 g/mol. The van der Waals surface area contributed by atoms with Crippen molar-refractivity contribution in [1.29, 1.82) is 0 Å². The van der Waals surface area contributed by atoms with Crippen molar-refractivity contribution in [3.05, 3.63) is 0 Å². The van der Waals surface area contributed by atoms with Crippen LogP contribution < -0.4 is 10.6 Å². The first-order chi connectivity index (χ1) is 9.67. The summed E-state index contributed by atoms with van der Waals surface area (Å²) < 4.78 is 0. The van der Waals surface area contributed by atoms with Crippen LogP contribution in [0.5, 0.6) is 0 Å². The SMILES string of the molecule is CCN(CC)C(=O)CCNC(=O)CCC1CCNCC1. The van der Waals surface area contributed by atoms with Crippen LogP contribution in [0.2, 0.25) is 0 Å². The van der Waals surface area contributed by atoms with E-state index in [1.807, 2.05) is 13.8 Å². The van der Waals surface area contributed by atoms with Gasteiger partial charge >= 0.3 is 0 Å². The van der Waals surface area contributed by atoms with Crippen LogP contribution in [0.3, 0.4) is 0 Å². The van der Waals surface area contributed by atoms with Crippen LogP contribution in [0.15, 0.2) is 0 Å². The van der Waals surface area contributed by atoms with Gasteiger partial charge in [-0.2, -0.15) is 0 Å². The summed E-state index contributed by atoms with van der Waals surface area (Å²) in [6.45, 7) is 8.02. The molecule has 1 aliphatic rings. The molecule has 116 valence electrons. The fourth-order valence-electron chi connectivity index (χ4n) is 2.64. The lowest BCUT2D eigenvalue weighted by Gasteiger charge is -2.22.